The van der Waals surface area contributed by atoms with Crippen LogP contribution in [-0.4, -0.2) is 28.1 Å². The molecule has 27 heavy (non-hydrogen) atoms. The Morgan fingerprint density at radius 2 is 2.00 bits per heavy atom. The molecule has 1 aromatic carbocycles. The van der Waals surface area contributed by atoms with E-state index in [2.05, 4.69) is 27.5 Å². The maximum Gasteiger partial charge on any atom is 0.357 e. The van der Waals surface area contributed by atoms with Gasteiger partial charge < -0.3 is 14.5 Å². The molecule has 142 valence electrons. The van der Waals surface area contributed by atoms with Crippen LogP contribution in [0.15, 0.2) is 38.8 Å². The van der Waals surface area contributed by atoms with E-state index in [0.717, 1.165) is 0 Å². The van der Waals surface area contributed by atoms with E-state index in [1.807, 2.05) is 11.9 Å². The number of rotatable bonds is 8. The molecule has 0 saturated heterocycles. The lowest BCUT2D eigenvalue weighted by molar-refractivity contribution is -0.386. The zero-order valence-electron chi connectivity index (χ0n) is 14.3. The Morgan fingerprint density at radius 3 is 2.63 bits per heavy atom. The van der Waals surface area contributed by atoms with Gasteiger partial charge in [0, 0.05) is 0 Å². The van der Waals surface area contributed by atoms with Gasteiger partial charge in [0.15, 0.2) is 11.5 Å². The van der Waals surface area contributed by atoms with Crippen molar-refractivity contribution < 1.29 is 14.4 Å². The molecule has 0 aliphatic heterocycles. The summed E-state index contributed by atoms with van der Waals surface area (Å²) in [4.78, 5) is 37.4. The van der Waals surface area contributed by atoms with Crippen molar-refractivity contribution in [2.24, 2.45) is 0 Å². The van der Waals surface area contributed by atoms with E-state index < -0.39 is 21.9 Å². The van der Waals surface area contributed by atoms with Gasteiger partial charge in [0.05, 0.1) is 16.0 Å². The number of benzene rings is 1. The maximum absolute atomic E-state index is 11.6. The van der Waals surface area contributed by atoms with Crippen molar-refractivity contribution >= 4 is 33.8 Å². The van der Waals surface area contributed by atoms with Crippen LogP contribution >= 0.6 is 15.9 Å². The van der Waals surface area contributed by atoms with Crippen molar-refractivity contribution in [3.63, 3.8) is 0 Å². The first-order valence-electron chi connectivity index (χ1n) is 7.76. The van der Waals surface area contributed by atoms with Crippen molar-refractivity contribution in [3.8, 4) is 11.5 Å². The standard InChI is InChI=1S/C17H16BrN3O6/c1-3-7-27-15-11(18)8-10(9-13(15)26-4-2)5-6-12-14(21(24)25)16(22)20-17(23)19-12/h3,5-6,8-9H,1,4,7H2,2H3,(H2,19,20,22,23)/b6-5-. The van der Waals surface area contributed by atoms with Gasteiger partial charge in [0.2, 0.25) is 0 Å². The third-order valence-electron chi connectivity index (χ3n) is 3.25. The lowest BCUT2D eigenvalue weighted by Crippen LogP contribution is -2.25. The van der Waals surface area contributed by atoms with Crippen LogP contribution in [-0.2, 0) is 0 Å². The zero-order chi connectivity index (χ0) is 20.0. The topological polar surface area (TPSA) is 127 Å². The SMILES string of the molecule is C=CCOc1c(Br)cc(/C=C\c2[nH]c(=O)[nH]c(=O)c2[N+](=O)[O-])cc1OCC. The Balaban J connectivity index is 2.49. The summed E-state index contributed by atoms with van der Waals surface area (Å²) in [6.07, 6.45) is 4.37. The molecule has 10 heteroatoms. The van der Waals surface area contributed by atoms with Crippen LogP contribution in [0.2, 0.25) is 0 Å². The number of nitrogens with zero attached hydrogens (tertiary/aromatic N) is 1. The van der Waals surface area contributed by atoms with E-state index >= 15 is 0 Å². The summed E-state index contributed by atoms with van der Waals surface area (Å²) in [6, 6.07) is 3.37. The van der Waals surface area contributed by atoms with Gasteiger partial charge in [0.25, 0.3) is 0 Å². The fourth-order valence-corrected chi connectivity index (χ4v) is 2.78. The molecule has 0 aliphatic rings. The predicted octanol–water partition coefficient (Wildman–Crippen LogP) is 2.87. The minimum atomic E-state index is -1.08. The number of nitro groups is 1. The Bertz CT molecular complexity index is 1010. The van der Waals surface area contributed by atoms with Crippen LogP contribution < -0.4 is 20.7 Å². The number of aromatic amines is 2. The van der Waals surface area contributed by atoms with E-state index in [9.17, 15) is 19.7 Å². The highest BCUT2D eigenvalue weighted by Crippen LogP contribution is 2.37. The number of nitrogens with one attached hydrogen (secondary N) is 2. The van der Waals surface area contributed by atoms with Crippen molar-refractivity contribution in [3.05, 3.63) is 71.5 Å². The van der Waals surface area contributed by atoms with Crippen LogP contribution in [0.3, 0.4) is 0 Å². The van der Waals surface area contributed by atoms with Gasteiger partial charge >= 0.3 is 16.9 Å². The maximum atomic E-state index is 11.6. The van der Waals surface area contributed by atoms with Gasteiger partial charge in [-0.25, -0.2) is 4.79 Å². The summed E-state index contributed by atoms with van der Waals surface area (Å²) in [5.41, 5.74) is -2.27. The molecule has 0 amide bonds. The van der Waals surface area contributed by atoms with E-state index in [0.29, 0.717) is 28.1 Å². The predicted molar refractivity (Wildman–Crippen MR) is 104 cm³/mol. The highest BCUT2D eigenvalue weighted by atomic mass is 79.9. The summed E-state index contributed by atoms with van der Waals surface area (Å²) in [6.45, 7) is 6.10. The molecule has 0 fully saturated rings. The van der Waals surface area contributed by atoms with Gasteiger partial charge in [-0.1, -0.05) is 18.7 Å². The largest absolute Gasteiger partial charge is 0.490 e. The number of hydrogen-bond donors (Lipinski definition) is 2. The van der Waals surface area contributed by atoms with Crippen molar-refractivity contribution in [2.75, 3.05) is 13.2 Å². The normalized spacial score (nSPS) is 10.7. The highest BCUT2D eigenvalue weighted by Gasteiger charge is 2.19. The molecule has 1 heterocycles. The van der Waals surface area contributed by atoms with Crippen LogP contribution in [0.4, 0.5) is 5.69 Å². The van der Waals surface area contributed by atoms with Crippen molar-refractivity contribution in [1.29, 1.82) is 0 Å². The van der Waals surface area contributed by atoms with E-state index in [-0.39, 0.29) is 12.3 Å². The molecule has 2 N–H and O–H groups in total. The molecule has 0 saturated carbocycles. The lowest BCUT2D eigenvalue weighted by Gasteiger charge is -2.13. The zero-order valence-corrected chi connectivity index (χ0v) is 15.9. The Labute approximate surface area is 161 Å². The van der Waals surface area contributed by atoms with Crippen LogP contribution in [0.1, 0.15) is 18.2 Å². The average molecular weight is 438 g/mol. The summed E-state index contributed by atoms with van der Waals surface area (Å²) < 4.78 is 11.7. The molecule has 0 bridgehead atoms. The first-order chi connectivity index (χ1) is 12.9. The second-order valence-corrected chi connectivity index (χ2v) is 5.98. The fraction of sp³-hybridized carbons (Fsp3) is 0.176. The summed E-state index contributed by atoms with van der Waals surface area (Å²) in [7, 11) is 0. The number of hydrogen-bond acceptors (Lipinski definition) is 6. The molecular formula is C17H16BrN3O6. The van der Waals surface area contributed by atoms with Gasteiger partial charge in [-0.05, 0) is 46.6 Å². The molecule has 2 aromatic rings. The molecular weight excluding hydrogens is 422 g/mol. The molecule has 0 unspecified atom stereocenters. The van der Waals surface area contributed by atoms with E-state index in [1.54, 1.807) is 18.2 Å². The van der Waals surface area contributed by atoms with E-state index in [4.69, 9.17) is 9.47 Å². The number of H-pyrrole nitrogens is 2. The van der Waals surface area contributed by atoms with Crippen LogP contribution in [0, 0.1) is 10.1 Å². The van der Waals surface area contributed by atoms with Crippen molar-refractivity contribution in [1.82, 2.24) is 9.97 Å². The van der Waals surface area contributed by atoms with Crippen LogP contribution in [0.25, 0.3) is 12.2 Å². The molecule has 9 nitrogen and oxygen atoms in total. The first-order valence-corrected chi connectivity index (χ1v) is 8.55. The second-order valence-electron chi connectivity index (χ2n) is 5.12. The number of halogens is 1. The molecule has 0 aliphatic carbocycles. The summed E-state index contributed by atoms with van der Waals surface area (Å²) in [5, 5.41) is 11.1. The fourth-order valence-electron chi connectivity index (χ4n) is 2.21. The first kappa shape index (κ1) is 20.2. The van der Waals surface area contributed by atoms with Gasteiger partial charge in [-0.2, -0.15) is 0 Å². The molecule has 0 radical (unpaired) electrons. The molecule has 0 atom stereocenters. The number of ether oxygens (including phenoxy) is 2. The Hall–Kier alpha value is -3.14. The molecule has 2 rings (SSSR count). The number of aromatic nitrogens is 2. The summed E-state index contributed by atoms with van der Waals surface area (Å²) in [5.74, 6) is 0.951. The van der Waals surface area contributed by atoms with Crippen LogP contribution in [0.5, 0.6) is 11.5 Å². The third kappa shape index (κ3) is 4.94. The highest BCUT2D eigenvalue weighted by molar-refractivity contribution is 9.10. The lowest BCUT2D eigenvalue weighted by atomic mass is 10.1. The summed E-state index contributed by atoms with van der Waals surface area (Å²) >= 11 is 3.39. The minimum absolute atomic E-state index is 0.213. The van der Waals surface area contributed by atoms with E-state index in [1.165, 1.54) is 12.2 Å². The quantitative estimate of drug-likeness (QED) is 0.371. The van der Waals surface area contributed by atoms with Gasteiger partial charge in [-0.3, -0.25) is 19.9 Å². The molecule has 0 spiro atoms. The molecule has 1 aromatic heterocycles. The van der Waals surface area contributed by atoms with Crippen molar-refractivity contribution in [2.45, 2.75) is 6.92 Å². The Morgan fingerprint density at radius 1 is 1.26 bits per heavy atom. The Kier molecular flexibility index (Phi) is 6.72. The smallest absolute Gasteiger partial charge is 0.357 e. The average Bonchev–Trinajstić information content (AvgIpc) is 2.58. The van der Waals surface area contributed by atoms with Gasteiger partial charge in [0.1, 0.15) is 12.3 Å². The second kappa shape index (κ2) is 8.99. The third-order valence-corrected chi connectivity index (χ3v) is 3.84. The van der Waals surface area contributed by atoms with Gasteiger partial charge in [-0.15, -0.1) is 0 Å². The monoisotopic (exact) mass is 437 g/mol. The minimum Gasteiger partial charge on any atom is -0.490 e.